The molecule has 0 saturated carbocycles. The fourth-order valence-electron chi connectivity index (χ4n) is 1.26. The van der Waals surface area contributed by atoms with Gasteiger partial charge in [0.25, 0.3) is 0 Å². The molecule has 0 aliphatic carbocycles. The van der Waals surface area contributed by atoms with Gasteiger partial charge in [-0.3, -0.25) is 19.2 Å². The number of hydrogen-bond donors (Lipinski definition) is 0. The first-order valence-corrected chi connectivity index (χ1v) is 5.13. The van der Waals surface area contributed by atoms with Crippen LogP contribution in [0.2, 0.25) is 0 Å². The van der Waals surface area contributed by atoms with Crippen molar-refractivity contribution in [3.63, 3.8) is 0 Å². The predicted molar refractivity (Wildman–Crippen MR) is 58.6 cm³/mol. The second-order valence-electron chi connectivity index (χ2n) is 3.35. The molecule has 0 saturated heterocycles. The maximum absolute atomic E-state index is 11.6. The molecule has 0 aromatic carbocycles. The summed E-state index contributed by atoms with van der Waals surface area (Å²) >= 11 is 5.32. The van der Waals surface area contributed by atoms with Gasteiger partial charge in [0, 0.05) is 0 Å². The van der Waals surface area contributed by atoms with Crippen LogP contribution in [0.1, 0.15) is 12.8 Å². The SMILES string of the molecule is COC(=O)CC(CC(=O)OC)(C(=O)Cl)C(=O)OC. The molecule has 0 heterocycles. The first-order valence-electron chi connectivity index (χ1n) is 4.76. The topological polar surface area (TPSA) is 96.0 Å². The zero-order valence-corrected chi connectivity index (χ0v) is 10.9. The number of hydrogen-bond acceptors (Lipinski definition) is 7. The Kier molecular flexibility index (Phi) is 6.32. The standard InChI is InChI=1S/C10H13ClO7/c1-16-6(12)4-10(8(11)14,9(15)18-3)5-7(13)17-2/h4-5H2,1-3H3. The van der Waals surface area contributed by atoms with Gasteiger partial charge in [0.05, 0.1) is 34.2 Å². The average Bonchev–Trinajstić information content (AvgIpc) is 2.35. The molecule has 0 aromatic heterocycles. The molecule has 18 heavy (non-hydrogen) atoms. The summed E-state index contributed by atoms with van der Waals surface area (Å²) in [4.78, 5) is 45.5. The van der Waals surface area contributed by atoms with Gasteiger partial charge in [-0.05, 0) is 11.6 Å². The zero-order valence-electron chi connectivity index (χ0n) is 10.1. The summed E-state index contributed by atoms with van der Waals surface area (Å²) in [6, 6.07) is 0. The fourth-order valence-corrected chi connectivity index (χ4v) is 1.47. The van der Waals surface area contributed by atoms with Gasteiger partial charge in [0.15, 0.2) is 5.41 Å². The largest absolute Gasteiger partial charge is 0.469 e. The summed E-state index contributed by atoms with van der Waals surface area (Å²) in [5, 5.41) is -1.19. The van der Waals surface area contributed by atoms with Crippen LogP contribution in [0.3, 0.4) is 0 Å². The molecule has 0 aliphatic heterocycles. The number of methoxy groups -OCH3 is 3. The van der Waals surface area contributed by atoms with Crippen molar-refractivity contribution in [1.82, 2.24) is 0 Å². The van der Waals surface area contributed by atoms with E-state index >= 15 is 0 Å². The number of carbonyl (C=O) groups excluding carboxylic acids is 4. The van der Waals surface area contributed by atoms with E-state index in [9.17, 15) is 19.2 Å². The molecular formula is C10H13ClO7. The summed E-state index contributed by atoms with van der Waals surface area (Å²) in [5.41, 5.74) is -2.13. The Balaban J connectivity index is 5.42. The smallest absolute Gasteiger partial charge is 0.321 e. The number of esters is 3. The Bertz CT molecular complexity index is 345. The van der Waals surface area contributed by atoms with Gasteiger partial charge in [0.2, 0.25) is 5.24 Å². The summed E-state index contributed by atoms with van der Waals surface area (Å²) in [7, 11) is 3.15. The van der Waals surface area contributed by atoms with E-state index in [4.69, 9.17) is 11.6 Å². The van der Waals surface area contributed by atoms with Gasteiger partial charge < -0.3 is 14.2 Å². The highest BCUT2D eigenvalue weighted by Gasteiger charge is 2.50. The van der Waals surface area contributed by atoms with E-state index in [1.165, 1.54) is 0 Å². The molecule has 0 amide bonds. The second kappa shape index (κ2) is 6.95. The van der Waals surface area contributed by atoms with Crippen molar-refractivity contribution < 1.29 is 33.4 Å². The minimum Gasteiger partial charge on any atom is -0.469 e. The van der Waals surface area contributed by atoms with Gasteiger partial charge in [0.1, 0.15) is 0 Å². The molecule has 0 aromatic rings. The molecule has 0 atom stereocenters. The van der Waals surface area contributed by atoms with E-state index < -0.39 is 41.4 Å². The van der Waals surface area contributed by atoms with E-state index in [1.807, 2.05) is 0 Å². The molecule has 0 spiro atoms. The summed E-state index contributed by atoms with van der Waals surface area (Å²) in [6.07, 6.45) is -1.40. The van der Waals surface area contributed by atoms with Crippen LogP contribution in [0.25, 0.3) is 0 Å². The summed E-state index contributed by atoms with van der Waals surface area (Å²) < 4.78 is 13.1. The van der Waals surface area contributed by atoms with Crippen molar-refractivity contribution >= 4 is 34.8 Å². The number of ether oxygens (including phenoxy) is 3. The van der Waals surface area contributed by atoms with Gasteiger partial charge in [-0.1, -0.05) is 0 Å². The molecular weight excluding hydrogens is 268 g/mol. The van der Waals surface area contributed by atoms with Gasteiger partial charge in [-0.2, -0.15) is 0 Å². The van der Waals surface area contributed by atoms with Crippen molar-refractivity contribution in [3.8, 4) is 0 Å². The Morgan fingerprint density at radius 1 is 0.889 bits per heavy atom. The number of rotatable bonds is 6. The van der Waals surface area contributed by atoms with Crippen LogP contribution in [-0.4, -0.2) is 44.5 Å². The first-order chi connectivity index (χ1) is 8.33. The Morgan fingerprint density at radius 3 is 1.50 bits per heavy atom. The monoisotopic (exact) mass is 280 g/mol. The maximum atomic E-state index is 11.6. The average molecular weight is 281 g/mol. The Morgan fingerprint density at radius 2 is 1.28 bits per heavy atom. The molecule has 0 fully saturated rings. The van der Waals surface area contributed by atoms with Gasteiger partial charge in [-0.25, -0.2) is 0 Å². The minimum atomic E-state index is -2.13. The predicted octanol–water partition coefficient (Wildman–Crippen LogP) is 0.0374. The molecule has 102 valence electrons. The van der Waals surface area contributed by atoms with Crippen molar-refractivity contribution in [2.75, 3.05) is 21.3 Å². The third-order valence-corrected chi connectivity index (χ3v) is 2.66. The lowest BCUT2D eigenvalue weighted by Crippen LogP contribution is -2.42. The molecule has 0 bridgehead atoms. The van der Waals surface area contributed by atoms with Crippen LogP contribution in [0, 0.1) is 5.41 Å². The highest BCUT2D eigenvalue weighted by atomic mass is 35.5. The van der Waals surface area contributed by atoms with Crippen LogP contribution in [-0.2, 0) is 33.4 Å². The maximum Gasteiger partial charge on any atom is 0.321 e. The lowest BCUT2D eigenvalue weighted by molar-refractivity contribution is -0.166. The lowest BCUT2D eigenvalue weighted by atomic mass is 9.82. The van der Waals surface area contributed by atoms with E-state index in [1.54, 1.807) is 0 Å². The molecule has 0 aliphatic rings. The third kappa shape index (κ3) is 3.69. The van der Waals surface area contributed by atoms with Crippen LogP contribution in [0.15, 0.2) is 0 Å². The zero-order chi connectivity index (χ0) is 14.3. The quantitative estimate of drug-likeness (QED) is 0.293. The Hall–Kier alpha value is -1.63. The molecule has 0 radical (unpaired) electrons. The summed E-state index contributed by atoms with van der Waals surface area (Å²) in [6.45, 7) is 0. The number of halogens is 1. The molecule has 7 nitrogen and oxygen atoms in total. The fraction of sp³-hybridized carbons (Fsp3) is 0.600. The lowest BCUT2D eigenvalue weighted by Gasteiger charge is -2.24. The van der Waals surface area contributed by atoms with Crippen LogP contribution in [0.5, 0.6) is 0 Å². The highest BCUT2D eigenvalue weighted by molar-refractivity contribution is 6.66. The Labute approximate surface area is 108 Å². The van der Waals surface area contributed by atoms with E-state index in [0.29, 0.717) is 0 Å². The first kappa shape index (κ1) is 16.4. The van der Waals surface area contributed by atoms with E-state index in [0.717, 1.165) is 21.3 Å². The second-order valence-corrected chi connectivity index (χ2v) is 3.70. The minimum absolute atomic E-state index is 0.701. The van der Waals surface area contributed by atoms with Crippen molar-refractivity contribution in [1.29, 1.82) is 0 Å². The van der Waals surface area contributed by atoms with E-state index in [-0.39, 0.29) is 0 Å². The molecule has 0 unspecified atom stereocenters. The molecule has 8 heteroatoms. The molecule has 0 rings (SSSR count). The normalized spacial score (nSPS) is 10.4. The van der Waals surface area contributed by atoms with Gasteiger partial charge >= 0.3 is 17.9 Å². The van der Waals surface area contributed by atoms with Crippen LogP contribution >= 0.6 is 11.6 Å². The third-order valence-electron chi connectivity index (χ3n) is 2.30. The van der Waals surface area contributed by atoms with Crippen molar-refractivity contribution in [3.05, 3.63) is 0 Å². The number of carbonyl (C=O) groups is 4. The van der Waals surface area contributed by atoms with Crippen molar-refractivity contribution in [2.45, 2.75) is 12.8 Å². The van der Waals surface area contributed by atoms with Crippen molar-refractivity contribution in [2.24, 2.45) is 5.41 Å². The molecule has 0 N–H and O–H groups in total. The highest BCUT2D eigenvalue weighted by Crippen LogP contribution is 2.32. The summed E-state index contributed by atoms with van der Waals surface area (Å²) in [5.74, 6) is -2.85. The van der Waals surface area contributed by atoms with E-state index in [2.05, 4.69) is 14.2 Å². The van der Waals surface area contributed by atoms with Crippen LogP contribution < -0.4 is 0 Å². The van der Waals surface area contributed by atoms with Gasteiger partial charge in [-0.15, -0.1) is 0 Å². The van der Waals surface area contributed by atoms with Crippen LogP contribution in [0.4, 0.5) is 0 Å².